The van der Waals surface area contributed by atoms with Crippen molar-refractivity contribution in [3.8, 4) is 0 Å². The van der Waals surface area contributed by atoms with Crippen molar-refractivity contribution in [2.75, 3.05) is 49.1 Å². The van der Waals surface area contributed by atoms with Crippen molar-refractivity contribution in [1.29, 1.82) is 0 Å². The quantitative estimate of drug-likeness (QED) is 0.518. The van der Waals surface area contributed by atoms with Crippen LogP contribution in [0.5, 0.6) is 0 Å². The topological polar surface area (TPSA) is 52.6 Å². The minimum absolute atomic E-state index is 0.0670. The number of amides is 1. The predicted molar refractivity (Wildman–Crippen MR) is 137 cm³/mol. The van der Waals surface area contributed by atoms with Gasteiger partial charge in [0.25, 0.3) is 0 Å². The van der Waals surface area contributed by atoms with Crippen LogP contribution < -0.4 is 9.80 Å². The summed E-state index contributed by atoms with van der Waals surface area (Å²) in [5, 5.41) is 0.865. The molecule has 1 aromatic heterocycles. The fraction of sp³-hybridized carbons (Fsp3) is 0.370. The maximum Gasteiger partial charge on any atom is 0.227 e. The fourth-order valence-electron chi connectivity index (χ4n) is 4.90. The molecule has 0 radical (unpaired) electrons. The van der Waals surface area contributed by atoms with E-state index in [0.717, 1.165) is 35.1 Å². The van der Waals surface area contributed by atoms with Gasteiger partial charge in [0, 0.05) is 56.6 Å². The highest BCUT2D eigenvalue weighted by Crippen LogP contribution is 2.34. The number of benzene rings is 2. The Labute approximate surface area is 210 Å². The highest BCUT2D eigenvalue weighted by molar-refractivity contribution is 7.99. The van der Waals surface area contributed by atoms with Crippen LogP contribution in [0.3, 0.4) is 0 Å². The highest BCUT2D eigenvalue weighted by atomic mass is 32.2. The van der Waals surface area contributed by atoms with Crippen LogP contribution in [-0.2, 0) is 4.79 Å². The molecule has 35 heavy (non-hydrogen) atoms. The zero-order valence-electron chi connectivity index (χ0n) is 19.9. The van der Waals surface area contributed by atoms with Crippen molar-refractivity contribution in [2.45, 2.75) is 29.7 Å². The number of piperidine rings is 1. The van der Waals surface area contributed by atoms with Gasteiger partial charge in [0.05, 0.1) is 11.6 Å². The van der Waals surface area contributed by atoms with Crippen LogP contribution >= 0.6 is 11.8 Å². The molecule has 8 heteroatoms. The van der Waals surface area contributed by atoms with Crippen molar-refractivity contribution in [1.82, 2.24) is 14.9 Å². The third-order valence-corrected chi connectivity index (χ3v) is 7.68. The van der Waals surface area contributed by atoms with Gasteiger partial charge < -0.3 is 14.7 Å². The van der Waals surface area contributed by atoms with E-state index in [2.05, 4.69) is 46.1 Å². The third-order valence-electron chi connectivity index (χ3n) is 6.71. The first-order valence-electron chi connectivity index (χ1n) is 12.2. The molecular weight excluding hydrogens is 461 g/mol. The summed E-state index contributed by atoms with van der Waals surface area (Å²) in [5.41, 5.74) is 1.82. The predicted octanol–water partition coefficient (Wildman–Crippen LogP) is 4.64. The van der Waals surface area contributed by atoms with Crippen LogP contribution in [0.15, 0.2) is 70.8 Å². The summed E-state index contributed by atoms with van der Waals surface area (Å²) >= 11 is 1.61. The van der Waals surface area contributed by atoms with Crippen molar-refractivity contribution in [2.24, 2.45) is 5.92 Å². The zero-order chi connectivity index (χ0) is 24.2. The smallest absolute Gasteiger partial charge is 0.227 e. The molecule has 3 aromatic rings. The molecule has 2 aromatic carbocycles. The number of anilines is 2. The number of hydrogen-bond donors (Lipinski definition) is 0. The number of piperazine rings is 1. The Morgan fingerprint density at radius 3 is 2.57 bits per heavy atom. The molecule has 0 bridgehead atoms. The lowest BCUT2D eigenvalue weighted by Gasteiger charge is -2.40. The van der Waals surface area contributed by atoms with Gasteiger partial charge in [-0.2, -0.15) is 0 Å². The van der Waals surface area contributed by atoms with Crippen molar-refractivity contribution >= 4 is 29.2 Å². The molecule has 2 aliphatic heterocycles. The molecule has 0 spiro atoms. The van der Waals surface area contributed by atoms with E-state index >= 15 is 0 Å². The average molecular weight is 492 g/mol. The van der Waals surface area contributed by atoms with E-state index in [0.29, 0.717) is 38.4 Å². The molecule has 5 rings (SSSR count). The fourth-order valence-corrected chi connectivity index (χ4v) is 5.90. The van der Waals surface area contributed by atoms with E-state index in [1.54, 1.807) is 36.3 Å². The number of hydrogen-bond acceptors (Lipinski definition) is 6. The zero-order valence-corrected chi connectivity index (χ0v) is 20.8. The average Bonchev–Trinajstić information content (AvgIpc) is 2.89. The van der Waals surface area contributed by atoms with Gasteiger partial charge in [-0.1, -0.05) is 41.6 Å². The summed E-state index contributed by atoms with van der Waals surface area (Å²) in [6, 6.07) is 15.2. The molecule has 1 amide bonds. The monoisotopic (exact) mass is 491 g/mol. The number of halogens is 1. The number of aryl methyl sites for hydroxylation is 1. The first kappa shape index (κ1) is 23.6. The largest absolute Gasteiger partial charge is 0.366 e. The lowest BCUT2D eigenvalue weighted by atomic mass is 9.96. The Balaban J connectivity index is 1.24. The standard InChI is InChI=1S/C27H30FN5OS/c1-20-6-4-8-22(18-20)35-26-25(29-11-12-30-26)33-13-5-7-21(19-33)27(34)32-16-14-31(15-17-32)24-10-3-2-9-23(24)28/h2-4,6,8-12,18,21H,5,7,13-17,19H2,1H3. The van der Waals surface area contributed by atoms with Gasteiger partial charge in [-0.25, -0.2) is 14.4 Å². The van der Waals surface area contributed by atoms with Crippen LogP contribution in [0.25, 0.3) is 0 Å². The van der Waals surface area contributed by atoms with Gasteiger partial charge >= 0.3 is 0 Å². The lowest BCUT2D eigenvalue weighted by Crippen LogP contribution is -2.53. The minimum atomic E-state index is -0.210. The van der Waals surface area contributed by atoms with E-state index in [1.165, 1.54) is 11.6 Å². The molecule has 2 fully saturated rings. The number of carbonyl (C=O) groups excluding carboxylic acids is 1. The number of nitrogens with zero attached hydrogens (tertiary/aromatic N) is 5. The lowest BCUT2D eigenvalue weighted by molar-refractivity contribution is -0.136. The molecule has 0 N–H and O–H groups in total. The van der Waals surface area contributed by atoms with Gasteiger partial charge in [0.15, 0.2) is 5.82 Å². The second-order valence-electron chi connectivity index (χ2n) is 9.15. The molecule has 0 saturated carbocycles. The van der Waals surface area contributed by atoms with E-state index in [4.69, 9.17) is 0 Å². The number of carbonyl (C=O) groups is 1. The highest BCUT2D eigenvalue weighted by Gasteiger charge is 2.32. The van der Waals surface area contributed by atoms with E-state index in [1.807, 2.05) is 15.9 Å². The van der Waals surface area contributed by atoms with Crippen molar-refractivity contribution in [3.63, 3.8) is 0 Å². The van der Waals surface area contributed by atoms with Gasteiger partial charge in [-0.15, -0.1) is 0 Å². The second-order valence-corrected chi connectivity index (χ2v) is 10.2. The van der Waals surface area contributed by atoms with E-state index in [-0.39, 0.29) is 17.6 Å². The Morgan fingerprint density at radius 2 is 1.77 bits per heavy atom. The number of aromatic nitrogens is 2. The maximum atomic E-state index is 14.2. The Bertz CT molecular complexity index is 1180. The van der Waals surface area contributed by atoms with Crippen LogP contribution in [0.2, 0.25) is 0 Å². The molecule has 2 aliphatic rings. The van der Waals surface area contributed by atoms with Crippen LogP contribution in [0.4, 0.5) is 15.9 Å². The summed E-state index contributed by atoms with van der Waals surface area (Å²) in [6.45, 7) is 6.11. The van der Waals surface area contributed by atoms with Crippen LogP contribution in [0, 0.1) is 18.7 Å². The minimum Gasteiger partial charge on any atom is -0.366 e. The first-order valence-corrected chi connectivity index (χ1v) is 13.0. The van der Waals surface area contributed by atoms with Crippen molar-refractivity contribution < 1.29 is 9.18 Å². The number of rotatable bonds is 5. The van der Waals surface area contributed by atoms with Crippen molar-refractivity contribution in [3.05, 3.63) is 72.3 Å². The molecule has 1 unspecified atom stereocenters. The molecule has 1 atom stereocenters. The molecule has 0 aliphatic carbocycles. The Morgan fingerprint density at radius 1 is 0.971 bits per heavy atom. The molecule has 3 heterocycles. The van der Waals surface area contributed by atoms with Gasteiger partial charge in [-0.3, -0.25) is 4.79 Å². The van der Waals surface area contributed by atoms with E-state index < -0.39 is 0 Å². The molecular formula is C27H30FN5OS. The summed E-state index contributed by atoms with van der Waals surface area (Å²) < 4.78 is 14.2. The molecule has 6 nitrogen and oxygen atoms in total. The summed E-state index contributed by atoms with van der Waals surface area (Å²) in [6.07, 6.45) is 5.27. The van der Waals surface area contributed by atoms with Gasteiger partial charge in [0.2, 0.25) is 5.91 Å². The van der Waals surface area contributed by atoms with E-state index in [9.17, 15) is 9.18 Å². The summed E-state index contributed by atoms with van der Waals surface area (Å²) in [5.74, 6) is 0.765. The SMILES string of the molecule is Cc1cccc(Sc2nccnc2N2CCCC(C(=O)N3CCN(c4ccccc4F)CC3)C2)c1. The molecule has 2 saturated heterocycles. The normalized spacial score (nSPS) is 18.6. The van der Waals surface area contributed by atoms with Gasteiger partial charge in [-0.05, 0) is 44.0 Å². The van der Waals surface area contributed by atoms with Crippen LogP contribution in [-0.4, -0.2) is 60.0 Å². The second kappa shape index (κ2) is 10.6. The summed E-state index contributed by atoms with van der Waals surface area (Å²) in [7, 11) is 0. The summed E-state index contributed by atoms with van der Waals surface area (Å²) in [4.78, 5) is 30.0. The Hall–Kier alpha value is -3.13. The molecule has 182 valence electrons. The third kappa shape index (κ3) is 5.42. The first-order chi connectivity index (χ1) is 17.1. The van der Waals surface area contributed by atoms with Crippen LogP contribution in [0.1, 0.15) is 18.4 Å². The number of para-hydroxylation sites is 1. The maximum absolute atomic E-state index is 14.2. The van der Waals surface area contributed by atoms with Gasteiger partial charge in [0.1, 0.15) is 10.8 Å². The Kier molecular flexibility index (Phi) is 7.18.